The first kappa shape index (κ1) is 10.4. The zero-order chi connectivity index (χ0) is 59.7. The number of hydrogen-bond donors (Lipinski definition) is 0. The number of hydrogen-bond acceptors (Lipinski definition) is 0. The highest BCUT2D eigenvalue weighted by atomic mass is 14.2. The van der Waals surface area contributed by atoms with E-state index >= 15 is 0 Å². The largest absolute Gasteiger partial charge is 0.0636 e. The van der Waals surface area contributed by atoms with E-state index in [9.17, 15) is 16.4 Å². The molecule has 0 aliphatic heterocycles. The maximum atomic E-state index is 10.1. The highest BCUT2D eigenvalue weighted by Gasteiger charge is 2.19. The lowest BCUT2D eigenvalue weighted by Gasteiger charge is -2.20. The molecule has 0 fully saturated rings. The molecule has 9 aromatic carbocycles. The van der Waals surface area contributed by atoms with Crippen LogP contribution in [0.3, 0.4) is 0 Å². The van der Waals surface area contributed by atoms with Crippen LogP contribution in [-0.4, -0.2) is 0 Å². The second-order valence-corrected chi connectivity index (χ2v) is 10.0. The zero-order valence-electron chi connectivity index (χ0n) is 56.0. The van der Waals surface area contributed by atoms with Crippen molar-refractivity contribution >= 4 is 32.3 Å². The third-order valence-electron chi connectivity index (χ3n) is 7.31. The minimum atomic E-state index is -1.21. The van der Waals surface area contributed by atoms with Gasteiger partial charge in [0.1, 0.15) is 0 Å². The first-order valence-corrected chi connectivity index (χ1v) is 14.0. The van der Waals surface area contributed by atoms with E-state index in [0.717, 1.165) is 0 Å². The predicted octanol–water partition coefficient (Wildman–Crippen LogP) is 13.5. The minimum Gasteiger partial charge on any atom is -0.0622 e. The first-order valence-electron chi connectivity index (χ1n) is 30.0. The highest BCUT2D eigenvalue weighted by molar-refractivity contribution is 6.24. The summed E-state index contributed by atoms with van der Waals surface area (Å²) in [6.45, 7) is 0. The second-order valence-electron chi connectivity index (χ2n) is 10.0. The molecule has 0 aliphatic rings. The van der Waals surface area contributed by atoms with E-state index in [1.54, 1.807) is 0 Å². The van der Waals surface area contributed by atoms with Gasteiger partial charge in [0.2, 0.25) is 0 Å². The Morgan fingerprint density at radius 3 is 1.42 bits per heavy atom. The molecule has 0 saturated heterocycles. The van der Waals surface area contributed by atoms with Crippen LogP contribution >= 0.6 is 0 Å². The van der Waals surface area contributed by atoms with Gasteiger partial charge < -0.3 is 0 Å². The summed E-state index contributed by atoms with van der Waals surface area (Å²) in [5, 5.41) is -5.12. The highest BCUT2D eigenvalue weighted by Crippen LogP contribution is 2.46. The summed E-state index contributed by atoms with van der Waals surface area (Å²) in [5.74, 6) is 0. The van der Waals surface area contributed by atoms with Crippen molar-refractivity contribution in [2.24, 2.45) is 0 Å². The molecular formula is C48H32. The number of fused-ring (bicyclic) bond motifs is 3. The van der Waals surface area contributed by atoms with Gasteiger partial charge in [-0.05, 0) is 100 Å². The molecule has 224 valence electrons. The summed E-state index contributed by atoms with van der Waals surface area (Å²) in [6.07, 6.45) is 0. The molecule has 9 rings (SSSR count). The van der Waals surface area contributed by atoms with Crippen LogP contribution in [0.4, 0.5) is 0 Å². The van der Waals surface area contributed by atoms with Crippen molar-refractivity contribution in [1.29, 1.82) is 0 Å². The van der Waals surface area contributed by atoms with Crippen molar-refractivity contribution in [3.05, 3.63) is 193 Å². The number of benzene rings is 9. The Morgan fingerprint density at radius 2 is 0.688 bits per heavy atom. The molecule has 0 amide bonds. The fraction of sp³-hybridized carbons (Fsp3) is 0. The fourth-order valence-electron chi connectivity index (χ4n) is 5.25. The van der Waals surface area contributed by atoms with Gasteiger partial charge in [-0.25, -0.2) is 0 Å². The van der Waals surface area contributed by atoms with Gasteiger partial charge in [0.25, 0.3) is 0 Å². The molecule has 9 aromatic rings. The zero-order valence-corrected chi connectivity index (χ0v) is 24.0. The van der Waals surface area contributed by atoms with Gasteiger partial charge in [-0.1, -0.05) is 181 Å². The second kappa shape index (κ2) is 11.8. The predicted molar refractivity (Wildman–Crippen MR) is 206 cm³/mol. The molecule has 0 heterocycles. The fourth-order valence-corrected chi connectivity index (χ4v) is 5.25. The van der Waals surface area contributed by atoms with Gasteiger partial charge in [0, 0.05) is 0 Å². The van der Waals surface area contributed by atoms with Crippen molar-refractivity contribution < 1.29 is 43.9 Å². The molecule has 0 bridgehead atoms. The Labute approximate surface area is 326 Å². The van der Waals surface area contributed by atoms with Crippen LogP contribution in [-0.2, 0) is 0 Å². The van der Waals surface area contributed by atoms with E-state index in [2.05, 4.69) is 0 Å². The third-order valence-corrected chi connectivity index (χ3v) is 7.31. The number of rotatable bonds is 5. The molecule has 0 spiro atoms. The van der Waals surface area contributed by atoms with E-state index in [1.165, 1.54) is 0 Å². The van der Waals surface area contributed by atoms with Crippen molar-refractivity contribution in [1.82, 2.24) is 0 Å². The maximum absolute atomic E-state index is 10.1. The lowest BCUT2D eigenvalue weighted by Crippen LogP contribution is -1.93. The minimum absolute atomic E-state index is 0.729. The molecule has 0 N–H and O–H groups in total. The molecule has 0 aliphatic carbocycles. The average molecular weight is 641 g/mol. The van der Waals surface area contributed by atoms with E-state index in [4.69, 9.17) is 27.4 Å². The van der Waals surface area contributed by atoms with E-state index in [0.29, 0.717) is 0 Å². The standard InChI is InChI=1S/C48H32/c1-3-13-33(14-4-1)35-25-27-36(28-26-35)38-19-11-20-40(31-38)47-43-22-9-10-23-44(43)48(42-24-12-18-37-17-7-8-21-41(37)42)46-32-39(29-30-45(46)47)34-15-5-2-6-16-34/h1-32H/i1D,2D,3D,4D,5D,6D,7D,8D,9D,10D,11D,12D,13D,14D,15D,16D,17D,18D,19D,20D,21D,22D,23D,24D,25D,26D,27D,28D,29D,30D,31D,32D. The Hall–Kier alpha value is -6.24. The van der Waals surface area contributed by atoms with Gasteiger partial charge in [0.15, 0.2) is 0 Å². The van der Waals surface area contributed by atoms with E-state index < -0.39 is 281 Å². The van der Waals surface area contributed by atoms with Gasteiger partial charge in [0.05, 0.1) is 43.9 Å². The Morgan fingerprint density at radius 1 is 0.250 bits per heavy atom. The summed E-state index contributed by atoms with van der Waals surface area (Å²) in [4.78, 5) is 0. The Balaban J connectivity index is 1.63. The molecule has 0 aromatic heterocycles. The van der Waals surface area contributed by atoms with E-state index in [1.807, 2.05) is 0 Å². The smallest absolute Gasteiger partial charge is 0.0622 e. The van der Waals surface area contributed by atoms with E-state index in [-0.39, 0.29) is 0 Å². The average Bonchev–Trinajstić information content (AvgIpc) is 3.49. The summed E-state index contributed by atoms with van der Waals surface area (Å²) in [5.41, 5.74) is -9.09. The third kappa shape index (κ3) is 4.87. The quantitative estimate of drug-likeness (QED) is 0.164. The van der Waals surface area contributed by atoms with Crippen LogP contribution in [0.15, 0.2) is 193 Å². The lowest BCUT2D eigenvalue weighted by molar-refractivity contribution is 1.58. The van der Waals surface area contributed by atoms with Crippen molar-refractivity contribution in [2.45, 2.75) is 0 Å². The molecule has 0 nitrogen and oxygen atoms in total. The summed E-state index contributed by atoms with van der Waals surface area (Å²) < 4.78 is 288. The molecule has 0 saturated carbocycles. The van der Waals surface area contributed by atoms with Crippen LogP contribution < -0.4 is 0 Å². The van der Waals surface area contributed by atoms with Crippen molar-refractivity contribution in [3.63, 3.8) is 0 Å². The topological polar surface area (TPSA) is 0 Å². The molecule has 0 atom stereocenters. The van der Waals surface area contributed by atoms with Crippen LogP contribution in [0.2, 0.25) is 0 Å². The normalized spacial score (nSPS) is 20.7. The lowest BCUT2D eigenvalue weighted by atomic mass is 9.83. The van der Waals surface area contributed by atoms with Gasteiger partial charge >= 0.3 is 0 Å². The van der Waals surface area contributed by atoms with Crippen molar-refractivity contribution in [2.75, 3.05) is 0 Å². The summed E-state index contributed by atoms with van der Waals surface area (Å²) >= 11 is 0. The van der Waals surface area contributed by atoms with Crippen LogP contribution in [0.1, 0.15) is 43.9 Å². The first-order chi connectivity index (χ1) is 37.1. The molecule has 48 heavy (non-hydrogen) atoms. The molecule has 0 unspecified atom stereocenters. The molecule has 0 heteroatoms. The Kier molecular flexibility index (Phi) is 2.56. The van der Waals surface area contributed by atoms with Gasteiger partial charge in [-0.15, -0.1) is 0 Å². The molecular weight excluding hydrogens is 577 g/mol. The Bertz CT molecular complexity index is 4330. The van der Waals surface area contributed by atoms with Crippen LogP contribution in [0.25, 0.3) is 88.0 Å². The van der Waals surface area contributed by atoms with Crippen LogP contribution in [0, 0.1) is 0 Å². The van der Waals surface area contributed by atoms with Gasteiger partial charge in [-0.3, -0.25) is 0 Å². The van der Waals surface area contributed by atoms with Crippen LogP contribution in [0.5, 0.6) is 0 Å². The maximum Gasteiger partial charge on any atom is 0.0636 e. The van der Waals surface area contributed by atoms with Gasteiger partial charge in [-0.2, -0.15) is 0 Å². The molecule has 0 radical (unpaired) electrons. The summed E-state index contributed by atoms with van der Waals surface area (Å²) in [7, 11) is 0. The summed E-state index contributed by atoms with van der Waals surface area (Å²) in [6, 6.07) is -33.7. The SMILES string of the molecule is [2H]c1c([2H])c([2H])c(-c2c([2H])c([2H])c(-c3c([2H])c([2H])c([2H])c(-c4c5c([2H])c([2H])c([2H])c([2H])c5c(-c5c([2H])c([2H])c([2H])c6c([2H])c([2H])c([2H])c([2H])c56)c5c([2H])c(-c6c([2H])c([2H])c([2H])c([2H])c6[2H])c([2H])c([2H])c45)c3[2H])c([2H])c2[2H])c([2H])c1[2H]. The van der Waals surface area contributed by atoms with Crippen molar-refractivity contribution in [3.8, 4) is 55.6 Å². The monoisotopic (exact) mass is 640 g/mol.